The van der Waals surface area contributed by atoms with Gasteiger partial charge in [0.25, 0.3) is 5.71 Å². The second-order valence-electron chi connectivity index (χ2n) is 5.82. The molecule has 2 aromatic heterocycles. The second kappa shape index (κ2) is 7.44. The fourth-order valence-corrected chi connectivity index (χ4v) is 2.66. The molecule has 0 bridgehead atoms. The van der Waals surface area contributed by atoms with Crippen molar-refractivity contribution in [3.8, 4) is 0 Å². The summed E-state index contributed by atoms with van der Waals surface area (Å²) in [7, 11) is 0. The number of carbonyl (C=O) groups excluding carboxylic acids is 3. The van der Waals surface area contributed by atoms with E-state index in [1.807, 2.05) is 0 Å². The molecular weight excluding hydrogens is 356 g/mol. The van der Waals surface area contributed by atoms with Gasteiger partial charge in [0.2, 0.25) is 0 Å². The molecule has 0 fully saturated rings. The molecule has 1 aliphatic rings. The molecule has 3 rings (SSSR count). The van der Waals surface area contributed by atoms with Gasteiger partial charge in [0.1, 0.15) is 6.61 Å². The highest BCUT2D eigenvalue weighted by molar-refractivity contribution is 6.03. The van der Waals surface area contributed by atoms with E-state index in [2.05, 4.69) is 20.8 Å². The average Bonchev–Trinajstić information content (AvgIpc) is 3.00. The Bertz CT molecular complexity index is 962. The van der Waals surface area contributed by atoms with Gasteiger partial charge in [0, 0.05) is 5.69 Å². The number of urea groups is 1. The topological polar surface area (TPSA) is 133 Å². The monoisotopic (exact) mass is 374 g/mol. The Balaban J connectivity index is 1.85. The molecule has 0 radical (unpaired) electrons. The number of pyridine rings is 1. The number of hydrogen-bond donors (Lipinski definition) is 2. The standard InChI is InChI=1S/C17H18N4O6/c1-4-25-16(23)11-6-18-17(24)20-12(11)7-26-15(22)10-5-8(2)19-14-13(10)9(3)21-27-14/h5H,4,6-7H2,1-3H3,(H2,18,20,24). The van der Waals surface area contributed by atoms with Crippen LogP contribution in [0.15, 0.2) is 21.9 Å². The lowest BCUT2D eigenvalue weighted by Gasteiger charge is -2.21. The quantitative estimate of drug-likeness (QED) is 0.744. The number of rotatable bonds is 5. The summed E-state index contributed by atoms with van der Waals surface area (Å²) in [6, 6.07) is 1.07. The first kappa shape index (κ1) is 18.4. The summed E-state index contributed by atoms with van der Waals surface area (Å²) < 4.78 is 15.4. The third-order valence-electron chi connectivity index (χ3n) is 3.89. The Kier molecular flexibility index (Phi) is 5.06. The van der Waals surface area contributed by atoms with Crippen LogP contribution in [-0.2, 0) is 14.3 Å². The van der Waals surface area contributed by atoms with Crippen LogP contribution in [0.1, 0.15) is 28.7 Å². The molecule has 0 aromatic carbocycles. The van der Waals surface area contributed by atoms with Gasteiger partial charge >= 0.3 is 18.0 Å². The summed E-state index contributed by atoms with van der Waals surface area (Å²) in [4.78, 5) is 40.4. The first-order valence-electron chi connectivity index (χ1n) is 8.25. The number of esters is 2. The molecule has 0 saturated carbocycles. The number of aromatic nitrogens is 2. The molecule has 0 unspecified atom stereocenters. The fraction of sp³-hybridized carbons (Fsp3) is 0.353. The van der Waals surface area contributed by atoms with Crippen molar-refractivity contribution in [2.24, 2.45) is 0 Å². The lowest BCUT2D eigenvalue weighted by Crippen LogP contribution is -2.45. The highest BCUT2D eigenvalue weighted by Crippen LogP contribution is 2.23. The zero-order chi connectivity index (χ0) is 19.6. The molecule has 142 valence electrons. The van der Waals surface area contributed by atoms with E-state index in [9.17, 15) is 14.4 Å². The molecule has 0 atom stereocenters. The third-order valence-corrected chi connectivity index (χ3v) is 3.89. The van der Waals surface area contributed by atoms with Crippen molar-refractivity contribution in [1.29, 1.82) is 0 Å². The lowest BCUT2D eigenvalue weighted by atomic mass is 10.1. The molecule has 10 nitrogen and oxygen atoms in total. The maximum atomic E-state index is 12.6. The second-order valence-corrected chi connectivity index (χ2v) is 5.82. The minimum absolute atomic E-state index is 0.0130. The van der Waals surface area contributed by atoms with Gasteiger partial charge in [-0.05, 0) is 26.8 Å². The summed E-state index contributed by atoms with van der Waals surface area (Å²) in [6.07, 6.45) is 0. The minimum Gasteiger partial charge on any atom is -0.463 e. The third kappa shape index (κ3) is 3.73. The van der Waals surface area contributed by atoms with Crippen molar-refractivity contribution in [1.82, 2.24) is 20.8 Å². The predicted molar refractivity (Wildman–Crippen MR) is 91.8 cm³/mol. The first-order chi connectivity index (χ1) is 12.9. The molecule has 2 aromatic rings. The number of fused-ring (bicyclic) bond motifs is 1. The number of carbonyl (C=O) groups is 3. The van der Waals surface area contributed by atoms with Crippen LogP contribution in [0.3, 0.4) is 0 Å². The number of nitrogens with zero attached hydrogens (tertiary/aromatic N) is 2. The molecule has 0 saturated heterocycles. The van der Waals surface area contributed by atoms with Crippen LogP contribution in [0, 0.1) is 13.8 Å². The SMILES string of the molecule is CCOC(=O)C1=C(COC(=O)c2cc(C)nc3onc(C)c23)NC(=O)NC1. The molecule has 10 heteroatoms. The molecule has 3 heterocycles. The van der Waals surface area contributed by atoms with Gasteiger partial charge in [-0.3, -0.25) is 0 Å². The maximum absolute atomic E-state index is 12.6. The molecule has 1 aliphatic heterocycles. The van der Waals surface area contributed by atoms with E-state index >= 15 is 0 Å². The van der Waals surface area contributed by atoms with E-state index in [0.29, 0.717) is 16.8 Å². The Morgan fingerprint density at radius 2 is 2.04 bits per heavy atom. The lowest BCUT2D eigenvalue weighted by molar-refractivity contribution is -0.138. The molecular formula is C17H18N4O6. The van der Waals surface area contributed by atoms with E-state index in [0.717, 1.165) is 0 Å². The molecule has 0 aliphatic carbocycles. The van der Waals surface area contributed by atoms with Crippen LogP contribution in [0.2, 0.25) is 0 Å². The number of amides is 2. The van der Waals surface area contributed by atoms with Gasteiger partial charge < -0.3 is 24.6 Å². The van der Waals surface area contributed by atoms with E-state index in [1.165, 1.54) is 0 Å². The zero-order valence-electron chi connectivity index (χ0n) is 15.0. The van der Waals surface area contributed by atoms with Crippen molar-refractivity contribution in [3.63, 3.8) is 0 Å². The van der Waals surface area contributed by atoms with Crippen molar-refractivity contribution in [3.05, 3.63) is 34.3 Å². The highest BCUT2D eigenvalue weighted by Gasteiger charge is 2.25. The summed E-state index contributed by atoms with van der Waals surface area (Å²) >= 11 is 0. The van der Waals surface area contributed by atoms with Crippen molar-refractivity contribution < 1.29 is 28.4 Å². The maximum Gasteiger partial charge on any atom is 0.339 e. The largest absolute Gasteiger partial charge is 0.463 e. The van der Waals surface area contributed by atoms with Crippen LogP contribution >= 0.6 is 0 Å². The Labute approximate surface area is 153 Å². The minimum atomic E-state index is -0.653. The summed E-state index contributed by atoms with van der Waals surface area (Å²) in [6.45, 7) is 4.95. The Hall–Kier alpha value is -3.43. The van der Waals surface area contributed by atoms with Crippen molar-refractivity contribution in [2.45, 2.75) is 20.8 Å². The normalized spacial score (nSPS) is 14.0. The van der Waals surface area contributed by atoms with Gasteiger partial charge in [0.05, 0.1) is 41.1 Å². The molecule has 0 spiro atoms. The summed E-state index contributed by atoms with van der Waals surface area (Å²) in [5, 5.41) is 9.23. The van der Waals surface area contributed by atoms with E-state index in [4.69, 9.17) is 14.0 Å². The average molecular weight is 374 g/mol. The molecule has 27 heavy (non-hydrogen) atoms. The van der Waals surface area contributed by atoms with E-state index < -0.39 is 18.0 Å². The van der Waals surface area contributed by atoms with Gasteiger partial charge in [-0.1, -0.05) is 5.16 Å². The zero-order valence-corrected chi connectivity index (χ0v) is 15.0. The number of nitrogens with one attached hydrogen (secondary N) is 2. The van der Waals surface area contributed by atoms with Gasteiger partial charge in [-0.15, -0.1) is 0 Å². The Morgan fingerprint density at radius 3 is 2.78 bits per heavy atom. The first-order valence-corrected chi connectivity index (χ1v) is 8.25. The predicted octanol–water partition coefficient (Wildman–Crippen LogP) is 1.13. The smallest absolute Gasteiger partial charge is 0.339 e. The van der Waals surface area contributed by atoms with Gasteiger partial charge in [-0.25, -0.2) is 19.4 Å². The number of hydrogen-bond acceptors (Lipinski definition) is 8. The van der Waals surface area contributed by atoms with Crippen molar-refractivity contribution in [2.75, 3.05) is 19.8 Å². The van der Waals surface area contributed by atoms with Crippen molar-refractivity contribution >= 4 is 29.1 Å². The number of ether oxygens (including phenoxy) is 2. The van der Waals surface area contributed by atoms with Crippen LogP contribution < -0.4 is 10.6 Å². The summed E-state index contributed by atoms with van der Waals surface area (Å²) in [5.41, 5.74) is 1.92. The summed E-state index contributed by atoms with van der Waals surface area (Å²) in [5.74, 6) is -1.24. The van der Waals surface area contributed by atoms with E-state index in [1.54, 1.807) is 26.8 Å². The number of aryl methyl sites for hydroxylation is 2. The molecule has 2 amide bonds. The van der Waals surface area contributed by atoms with Crippen LogP contribution in [0.4, 0.5) is 4.79 Å². The van der Waals surface area contributed by atoms with Gasteiger partial charge in [-0.2, -0.15) is 0 Å². The van der Waals surface area contributed by atoms with Crippen LogP contribution in [-0.4, -0.2) is 47.9 Å². The highest BCUT2D eigenvalue weighted by atomic mass is 16.5. The fourth-order valence-electron chi connectivity index (χ4n) is 2.66. The van der Waals surface area contributed by atoms with Gasteiger partial charge in [0.15, 0.2) is 0 Å². The van der Waals surface area contributed by atoms with Crippen LogP contribution in [0.5, 0.6) is 0 Å². The van der Waals surface area contributed by atoms with Crippen LogP contribution in [0.25, 0.3) is 11.1 Å². The Morgan fingerprint density at radius 1 is 1.26 bits per heavy atom. The van der Waals surface area contributed by atoms with E-state index in [-0.39, 0.29) is 42.3 Å². The molecule has 2 N–H and O–H groups in total.